The SMILES string of the molecule is Cn1c(OC2CCN(C(=O)O)CC2)nc2ccccc21.O=C(O)N1CCC(n2c(=O)[nH]c3ccccc32)[C@@H]1CCCN(Cc1ccccc1)Cc1ccccc1. The van der Waals surface area contributed by atoms with Crippen molar-refractivity contribution in [2.45, 2.75) is 63.4 Å². The van der Waals surface area contributed by atoms with Gasteiger partial charge in [-0.05, 0) is 61.2 Å². The Morgan fingerprint density at radius 2 is 1.39 bits per heavy atom. The number of H-pyrrole nitrogens is 1. The Hall–Kier alpha value is -6.08. The molecule has 2 amide bonds. The number of nitrogens with one attached hydrogen (secondary N) is 1. The number of hydrogen-bond donors (Lipinski definition) is 3. The zero-order valence-corrected chi connectivity index (χ0v) is 31.6. The van der Waals surface area contributed by atoms with Gasteiger partial charge in [0.2, 0.25) is 0 Å². The van der Waals surface area contributed by atoms with Crippen molar-refractivity contribution in [3.63, 3.8) is 0 Å². The van der Waals surface area contributed by atoms with E-state index in [-0.39, 0.29) is 23.9 Å². The summed E-state index contributed by atoms with van der Waals surface area (Å²) in [6, 6.07) is 36.5. The summed E-state index contributed by atoms with van der Waals surface area (Å²) in [4.78, 5) is 48.6. The molecular weight excluding hydrogens is 711 g/mol. The van der Waals surface area contributed by atoms with Crippen LogP contribution in [0.1, 0.15) is 49.3 Å². The normalized spacial score (nSPS) is 17.3. The maximum atomic E-state index is 12.9. The number of nitrogens with zero attached hydrogens (tertiary/aromatic N) is 6. The number of amides is 2. The summed E-state index contributed by atoms with van der Waals surface area (Å²) in [5.74, 6) is 0. The molecule has 0 saturated carbocycles. The average Bonchev–Trinajstić information content (AvgIpc) is 3.88. The lowest BCUT2D eigenvalue weighted by Gasteiger charge is -2.29. The number of aryl methyl sites for hydroxylation is 1. The van der Waals surface area contributed by atoms with Crippen LogP contribution in [0.25, 0.3) is 22.1 Å². The molecule has 2 aliphatic rings. The van der Waals surface area contributed by atoms with E-state index >= 15 is 0 Å². The lowest BCUT2D eigenvalue weighted by atomic mass is 10.0. The molecule has 1 unspecified atom stereocenters. The molecule has 0 bridgehead atoms. The second-order valence-corrected chi connectivity index (χ2v) is 14.6. The van der Waals surface area contributed by atoms with Crippen molar-refractivity contribution in [1.82, 2.24) is 33.8 Å². The average molecular weight is 760 g/mol. The molecule has 2 aromatic heterocycles. The minimum atomic E-state index is -0.916. The second-order valence-electron chi connectivity index (χ2n) is 14.6. The minimum Gasteiger partial charge on any atom is -0.465 e. The van der Waals surface area contributed by atoms with Gasteiger partial charge in [-0.15, -0.1) is 0 Å². The van der Waals surface area contributed by atoms with Crippen LogP contribution >= 0.6 is 0 Å². The van der Waals surface area contributed by atoms with Gasteiger partial charge in [0.05, 0.1) is 34.2 Å². The zero-order valence-electron chi connectivity index (χ0n) is 31.6. The Kier molecular flexibility index (Phi) is 12.0. The molecule has 2 aliphatic heterocycles. The largest absolute Gasteiger partial charge is 0.465 e. The molecule has 13 heteroatoms. The molecular formula is C43H49N7O6. The van der Waals surface area contributed by atoms with Crippen LogP contribution in [-0.2, 0) is 20.1 Å². The van der Waals surface area contributed by atoms with Gasteiger partial charge in [0.25, 0.3) is 6.01 Å². The smallest absolute Gasteiger partial charge is 0.407 e. The summed E-state index contributed by atoms with van der Waals surface area (Å²) in [6.07, 6.45) is 1.83. The van der Waals surface area contributed by atoms with E-state index in [4.69, 9.17) is 9.84 Å². The third kappa shape index (κ3) is 8.89. The van der Waals surface area contributed by atoms with Crippen molar-refractivity contribution < 1.29 is 24.5 Å². The van der Waals surface area contributed by atoms with Crippen LogP contribution in [0.5, 0.6) is 6.01 Å². The highest BCUT2D eigenvalue weighted by Gasteiger charge is 2.39. The van der Waals surface area contributed by atoms with Gasteiger partial charge in [0, 0.05) is 52.6 Å². The fourth-order valence-corrected chi connectivity index (χ4v) is 8.09. The number of rotatable bonds is 11. The van der Waals surface area contributed by atoms with Gasteiger partial charge in [-0.3, -0.25) is 14.0 Å². The Balaban J connectivity index is 0.000000202. The molecule has 2 saturated heterocycles. The van der Waals surface area contributed by atoms with E-state index in [2.05, 4.69) is 63.4 Å². The Bertz CT molecular complexity index is 2240. The van der Waals surface area contributed by atoms with Crippen molar-refractivity contribution in [1.29, 1.82) is 0 Å². The molecule has 4 aromatic carbocycles. The Labute approximate surface area is 325 Å². The van der Waals surface area contributed by atoms with Crippen LogP contribution in [0.3, 0.4) is 0 Å². The van der Waals surface area contributed by atoms with Crippen molar-refractivity contribution >= 4 is 34.3 Å². The molecule has 2 atom stereocenters. The van der Waals surface area contributed by atoms with Crippen LogP contribution in [0.15, 0.2) is 114 Å². The molecule has 0 radical (unpaired) electrons. The van der Waals surface area contributed by atoms with Crippen molar-refractivity contribution in [2.75, 3.05) is 26.2 Å². The van der Waals surface area contributed by atoms with Gasteiger partial charge in [0.1, 0.15) is 6.10 Å². The topological polar surface area (TPSA) is 149 Å². The van der Waals surface area contributed by atoms with Crippen molar-refractivity contribution in [3.8, 4) is 6.01 Å². The molecule has 0 aliphatic carbocycles. The van der Waals surface area contributed by atoms with E-state index in [1.807, 2.05) is 72.3 Å². The van der Waals surface area contributed by atoms with E-state index in [0.717, 1.165) is 48.1 Å². The maximum absolute atomic E-state index is 12.9. The standard InChI is InChI=1S/C29H32N4O3.C14H17N3O3/c34-28-30-24-14-7-8-15-25(24)33(28)27-17-19-32(29(35)36)26(27)16-9-18-31(20-22-10-3-1-4-11-22)21-23-12-5-2-6-13-23;1-16-12-5-3-2-4-11(12)15-13(16)20-10-6-8-17(9-7-10)14(18)19/h1-8,10-15,26-27H,9,16-21H2,(H,30,34)(H,35,36);2-5,10H,6-9H2,1H3,(H,18,19)/t26-,27?;/m0./s1. The van der Waals surface area contributed by atoms with Gasteiger partial charge >= 0.3 is 17.9 Å². The third-order valence-electron chi connectivity index (χ3n) is 10.9. The number of piperidine rings is 1. The third-order valence-corrected chi connectivity index (χ3v) is 10.9. The number of para-hydroxylation sites is 4. The fraction of sp³-hybridized carbons (Fsp3) is 0.349. The van der Waals surface area contributed by atoms with E-state index in [9.17, 15) is 19.5 Å². The van der Waals surface area contributed by atoms with Crippen LogP contribution in [0.2, 0.25) is 0 Å². The number of likely N-dealkylation sites (tertiary alicyclic amines) is 2. The van der Waals surface area contributed by atoms with Gasteiger partial charge in [-0.25, -0.2) is 14.4 Å². The van der Waals surface area contributed by atoms with Crippen LogP contribution < -0.4 is 10.4 Å². The number of benzene rings is 4. The predicted molar refractivity (Wildman–Crippen MR) is 215 cm³/mol. The molecule has 0 spiro atoms. The van der Waals surface area contributed by atoms with E-state index in [0.29, 0.717) is 51.3 Å². The number of carbonyl (C=O) groups is 2. The van der Waals surface area contributed by atoms with Crippen molar-refractivity contribution in [3.05, 3.63) is 131 Å². The lowest BCUT2D eigenvalue weighted by Crippen LogP contribution is -2.41. The molecule has 6 aromatic rings. The molecule has 292 valence electrons. The first kappa shape index (κ1) is 38.2. The molecule has 3 N–H and O–H groups in total. The first-order chi connectivity index (χ1) is 27.2. The molecule has 56 heavy (non-hydrogen) atoms. The first-order valence-corrected chi connectivity index (χ1v) is 19.3. The number of hydrogen-bond acceptors (Lipinski definition) is 6. The van der Waals surface area contributed by atoms with Gasteiger partial charge in [0.15, 0.2) is 0 Å². The number of carboxylic acid groups (broad SMARTS) is 2. The first-order valence-electron chi connectivity index (χ1n) is 19.3. The fourth-order valence-electron chi connectivity index (χ4n) is 8.09. The van der Waals surface area contributed by atoms with Crippen molar-refractivity contribution in [2.24, 2.45) is 7.05 Å². The molecule has 8 rings (SSSR count). The summed E-state index contributed by atoms with van der Waals surface area (Å²) < 4.78 is 9.63. The molecule has 2 fully saturated rings. The van der Waals surface area contributed by atoms with Gasteiger partial charge in [-0.1, -0.05) is 84.9 Å². The summed E-state index contributed by atoms with van der Waals surface area (Å²) in [5, 5.41) is 18.8. The minimum absolute atomic E-state index is 0.0288. The monoisotopic (exact) mass is 759 g/mol. The summed E-state index contributed by atoms with van der Waals surface area (Å²) >= 11 is 0. The summed E-state index contributed by atoms with van der Waals surface area (Å²) in [5.41, 5.74) is 5.90. The molecule has 13 nitrogen and oxygen atoms in total. The quantitative estimate of drug-likeness (QED) is 0.126. The Morgan fingerprint density at radius 1 is 0.786 bits per heavy atom. The van der Waals surface area contributed by atoms with Crippen LogP contribution in [0, 0.1) is 0 Å². The number of ether oxygens (including phenoxy) is 1. The highest BCUT2D eigenvalue weighted by molar-refractivity contribution is 5.77. The van der Waals surface area contributed by atoms with Gasteiger partial charge in [-0.2, -0.15) is 4.98 Å². The summed E-state index contributed by atoms with van der Waals surface area (Å²) in [7, 11) is 1.93. The van der Waals surface area contributed by atoms with Crippen LogP contribution in [0.4, 0.5) is 9.59 Å². The Morgan fingerprint density at radius 3 is 2.02 bits per heavy atom. The lowest BCUT2D eigenvalue weighted by molar-refractivity contribution is 0.0829. The maximum Gasteiger partial charge on any atom is 0.407 e. The van der Waals surface area contributed by atoms with E-state index < -0.39 is 12.2 Å². The second kappa shape index (κ2) is 17.6. The highest BCUT2D eigenvalue weighted by Crippen LogP contribution is 2.33. The zero-order chi connectivity index (χ0) is 39.0. The number of aromatic amines is 1. The number of imidazole rings is 2. The van der Waals surface area contributed by atoms with E-state index in [1.54, 1.807) is 4.57 Å². The number of aromatic nitrogens is 4. The number of fused-ring (bicyclic) bond motifs is 2. The predicted octanol–water partition coefficient (Wildman–Crippen LogP) is 7.20. The van der Waals surface area contributed by atoms with Gasteiger partial charge < -0.3 is 29.7 Å². The highest BCUT2D eigenvalue weighted by atomic mass is 16.5. The van der Waals surface area contributed by atoms with E-state index in [1.165, 1.54) is 20.9 Å². The summed E-state index contributed by atoms with van der Waals surface area (Å²) in [6.45, 7) is 3.97. The molecule has 4 heterocycles. The van der Waals surface area contributed by atoms with Crippen LogP contribution in [-0.4, -0.2) is 94.5 Å².